The highest BCUT2D eigenvalue weighted by atomic mass is 35.5. The Morgan fingerprint density at radius 3 is 2.49 bits per heavy atom. The first-order chi connectivity index (χ1) is 23.6. The number of thiophene rings is 2. The molecule has 14 heteroatoms. The van der Waals surface area contributed by atoms with Crippen molar-refractivity contribution in [2.45, 2.75) is 37.5 Å². The molecule has 0 amide bonds. The van der Waals surface area contributed by atoms with Crippen molar-refractivity contribution in [1.82, 2.24) is 15.2 Å². The second-order valence-corrected chi connectivity index (χ2v) is 14.8. The molecule has 1 fully saturated rings. The number of likely N-dealkylation sites (tertiary alicyclic amines) is 1. The van der Waals surface area contributed by atoms with E-state index in [0.29, 0.717) is 49.0 Å². The molecule has 0 spiro atoms. The number of nitrogens with zero attached hydrogens (tertiary/aromatic N) is 2. The fraction of sp³-hybridized carbons (Fsp3) is 0.400. The Kier molecular flexibility index (Phi) is 12.9. The summed E-state index contributed by atoms with van der Waals surface area (Å²) < 4.78 is 22.6. The van der Waals surface area contributed by atoms with Gasteiger partial charge in [-0.3, -0.25) is 4.98 Å². The van der Waals surface area contributed by atoms with Gasteiger partial charge in [0.1, 0.15) is 11.0 Å². The zero-order valence-corrected chi connectivity index (χ0v) is 30.6. The van der Waals surface area contributed by atoms with Gasteiger partial charge in [0.25, 0.3) is 0 Å². The molecule has 0 bridgehead atoms. The highest BCUT2D eigenvalue weighted by molar-refractivity contribution is 7.13. The summed E-state index contributed by atoms with van der Waals surface area (Å²) >= 11 is 15.4. The van der Waals surface area contributed by atoms with Crippen LogP contribution in [-0.2, 0) is 32.8 Å². The molecule has 1 saturated heterocycles. The highest BCUT2D eigenvalue weighted by Crippen LogP contribution is 2.36. The second-order valence-electron chi connectivity index (χ2n) is 11.8. The van der Waals surface area contributed by atoms with Gasteiger partial charge in [0, 0.05) is 41.7 Å². The first-order valence-electron chi connectivity index (χ1n) is 15.7. The number of rotatable bonds is 15. The van der Waals surface area contributed by atoms with Crippen LogP contribution in [0.25, 0.3) is 0 Å². The van der Waals surface area contributed by atoms with Crippen molar-refractivity contribution in [3.8, 4) is 11.5 Å². The largest absolute Gasteiger partial charge is 0.493 e. The number of hydrogen-bond donors (Lipinski definition) is 2. The minimum atomic E-state index is -1.85. The first-order valence-corrected chi connectivity index (χ1v) is 18.2. The molecule has 1 aliphatic rings. The molecule has 49 heavy (non-hydrogen) atoms. The van der Waals surface area contributed by atoms with Crippen LogP contribution in [-0.4, -0.2) is 74.4 Å². The van der Waals surface area contributed by atoms with E-state index in [-0.39, 0.29) is 25.5 Å². The van der Waals surface area contributed by atoms with Gasteiger partial charge in [-0.2, -0.15) is 0 Å². The lowest BCUT2D eigenvalue weighted by molar-refractivity contribution is -0.168. The van der Waals surface area contributed by atoms with Gasteiger partial charge in [0.2, 0.25) is 5.60 Å². The summed E-state index contributed by atoms with van der Waals surface area (Å²) in [6.45, 7) is 2.43. The van der Waals surface area contributed by atoms with Crippen LogP contribution in [0.4, 0.5) is 0 Å². The lowest BCUT2D eigenvalue weighted by atomic mass is 9.98. The van der Waals surface area contributed by atoms with Crippen LogP contribution in [0.3, 0.4) is 0 Å². The Hall–Kier alpha value is -3.23. The van der Waals surface area contributed by atoms with E-state index in [1.54, 1.807) is 49.6 Å². The quantitative estimate of drug-likeness (QED) is 0.130. The predicted molar refractivity (Wildman–Crippen MR) is 191 cm³/mol. The number of piperidine rings is 1. The number of esters is 2. The Morgan fingerprint density at radius 1 is 1.08 bits per heavy atom. The maximum absolute atomic E-state index is 13.5. The molecule has 4 aromatic rings. The van der Waals surface area contributed by atoms with E-state index in [0.717, 1.165) is 30.8 Å². The number of carbonyl (C=O) groups is 2. The lowest BCUT2D eigenvalue weighted by Gasteiger charge is -2.30. The molecule has 1 aliphatic heterocycles. The van der Waals surface area contributed by atoms with Crippen LogP contribution in [0.15, 0.2) is 60.2 Å². The van der Waals surface area contributed by atoms with Gasteiger partial charge < -0.3 is 34.3 Å². The highest BCUT2D eigenvalue weighted by Gasteiger charge is 2.41. The number of ether oxygens (including phenoxy) is 4. The summed E-state index contributed by atoms with van der Waals surface area (Å²) in [6.07, 6.45) is 4.30. The number of halogens is 2. The minimum Gasteiger partial charge on any atom is -0.493 e. The fourth-order valence-corrected chi connectivity index (χ4v) is 7.74. The van der Waals surface area contributed by atoms with Crippen molar-refractivity contribution < 1.29 is 33.6 Å². The maximum Gasteiger partial charge on any atom is 0.348 e. The number of aliphatic hydroxyl groups is 1. The number of carbonyl (C=O) groups excluding carboxylic acids is 2. The molecule has 262 valence electrons. The summed E-state index contributed by atoms with van der Waals surface area (Å²) in [5.41, 5.74) is -0.602. The van der Waals surface area contributed by atoms with Gasteiger partial charge in [-0.1, -0.05) is 35.3 Å². The fourth-order valence-electron chi connectivity index (χ4n) is 5.55. The molecule has 1 aromatic carbocycles. The summed E-state index contributed by atoms with van der Waals surface area (Å²) in [5.74, 6) is 0.0706. The smallest absolute Gasteiger partial charge is 0.348 e. The second kappa shape index (κ2) is 17.1. The topological polar surface area (TPSA) is 119 Å². The molecule has 4 heterocycles. The molecule has 0 radical (unpaired) electrons. The van der Waals surface area contributed by atoms with E-state index in [1.807, 2.05) is 5.38 Å². The van der Waals surface area contributed by atoms with Crippen molar-refractivity contribution in [3.63, 3.8) is 0 Å². The summed E-state index contributed by atoms with van der Waals surface area (Å²) in [5, 5.41) is 17.3. The minimum absolute atomic E-state index is 0.0632. The number of aromatic nitrogens is 1. The average molecular weight is 749 g/mol. The van der Waals surface area contributed by atoms with E-state index in [2.05, 4.69) is 22.2 Å². The maximum atomic E-state index is 13.5. The number of methoxy groups -OCH3 is 2. The third-order valence-corrected chi connectivity index (χ3v) is 11.2. The predicted octanol–water partition coefficient (Wildman–Crippen LogP) is 6.53. The van der Waals surface area contributed by atoms with Crippen LogP contribution in [0.1, 0.15) is 49.5 Å². The molecule has 5 rings (SSSR count). The molecule has 0 aliphatic carbocycles. The van der Waals surface area contributed by atoms with Gasteiger partial charge in [0.05, 0.1) is 30.9 Å². The monoisotopic (exact) mass is 747 g/mol. The molecule has 0 saturated carbocycles. The van der Waals surface area contributed by atoms with Gasteiger partial charge >= 0.3 is 11.9 Å². The summed E-state index contributed by atoms with van der Waals surface area (Å²) in [4.78, 5) is 34.7. The Balaban J connectivity index is 1.25. The first kappa shape index (κ1) is 37.0. The van der Waals surface area contributed by atoms with Gasteiger partial charge in [-0.15, -0.1) is 22.7 Å². The van der Waals surface area contributed by atoms with E-state index in [9.17, 15) is 14.7 Å². The third kappa shape index (κ3) is 9.31. The van der Waals surface area contributed by atoms with Crippen LogP contribution in [0, 0.1) is 5.92 Å². The Morgan fingerprint density at radius 2 is 1.82 bits per heavy atom. The van der Waals surface area contributed by atoms with Crippen molar-refractivity contribution in [1.29, 1.82) is 0 Å². The van der Waals surface area contributed by atoms with Crippen LogP contribution < -0.4 is 14.8 Å². The number of hydrogen-bond acceptors (Lipinski definition) is 12. The number of benzene rings is 1. The molecule has 10 nitrogen and oxygen atoms in total. The summed E-state index contributed by atoms with van der Waals surface area (Å²) in [6, 6.07) is 12.3. The Bertz CT molecular complexity index is 1690. The van der Waals surface area contributed by atoms with Gasteiger partial charge in [-0.05, 0) is 85.7 Å². The lowest BCUT2D eigenvalue weighted by Crippen LogP contribution is -2.46. The van der Waals surface area contributed by atoms with Gasteiger partial charge in [0.15, 0.2) is 11.5 Å². The van der Waals surface area contributed by atoms with Crippen molar-refractivity contribution in [2.75, 3.05) is 47.5 Å². The van der Waals surface area contributed by atoms with Crippen molar-refractivity contribution >= 4 is 57.8 Å². The molecular formula is C35H39Cl2N3O7S2. The van der Waals surface area contributed by atoms with E-state index in [1.165, 1.54) is 42.2 Å². The molecule has 1 unspecified atom stereocenters. The SMILES string of the molecule is COc1ccc([C@H](Cc2c(Cl)cncc2Cl)OC(=O)c2ccc(CNCC(O)(C(=O)OCC3CCN(C)CC3)c3cccs3)s2)cc1OC. The standard InChI is InChI=1S/C35H39Cl2N3O7S2/c1-40-12-10-22(11-13-40)20-46-34(42)35(43,32-5-4-14-48-32)21-39-17-24-7-9-31(49-24)33(41)47-29(16-25-26(36)18-38-19-27(25)37)23-6-8-28(44-2)30(15-23)45-3/h4-9,14-15,18-19,22,29,39,43H,10-13,16-17,20-21H2,1-3H3/t29-,35?/m0/s1. The molecule has 3 aromatic heterocycles. The average Bonchev–Trinajstić information content (AvgIpc) is 3.82. The van der Waals surface area contributed by atoms with Gasteiger partial charge in [-0.25, -0.2) is 9.59 Å². The normalized spacial score (nSPS) is 15.7. The number of nitrogens with one attached hydrogen (secondary N) is 1. The summed E-state index contributed by atoms with van der Waals surface area (Å²) in [7, 11) is 5.15. The zero-order valence-electron chi connectivity index (χ0n) is 27.4. The zero-order chi connectivity index (χ0) is 35.0. The van der Waals surface area contributed by atoms with Crippen LogP contribution in [0.2, 0.25) is 10.0 Å². The number of pyridine rings is 1. The van der Waals surface area contributed by atoms with Crippen LogP contribution in [0.5, 0.6) is 11.5 Å². The molecule has 2 N–H and O–H groups in total. The third-order valence-electron chi connectivity index (χ3n) is 8.47. The van der Waals surface area contributed by atoms with Crippen LogP contribution >= 0.6 is 45.9 Å². The van der Waals surface area contributed by atoms with E-state index >= 15 is 0 Å². The van der Waals surface area contributed by atoms with E-state index < -0.39 is 23.6 Å². The van der Waals surface area contributed by atoms with Crippen molar-refractivity contribution in [2.24, 2.45) is 5.92 Å². The molecular weight excluding hydrogens is 709 g/mol. The molecule has 2 atom stereocenters. The van der Waals surface area contributed by atoms with E-state index in [4.69, 9.17) is 42.1 Å². The van der Waals surface area contributed by atoms with Crippen molar-refractivity contribution in [3.05, 3.63) is 96.0 Å². The Labute approximate surface area is 303 Å².